The minimum absolute atomic E-state index is 0.0527. The van der Waals surface area contributed by atoms with Crippen molar-refractivity contribution in [2.75, 3.05) is 5.43 Å². The molecule has 0 aliphatic rings. The van der Waals surface area contributed by atoms with E-state index in [1.54, 1.807) is 18.3 Å². The lowest BCUT2D eigenvalue weighted by atomic mass is 9.86. The summed E-state index contributed by atoms with van der Waals surface area (Å²) in [4.78, 5) is 0. The number of nitrogens with zero attached hydrogens (tertiary/aromatic N) is 1. The van der Waals surface area contributed by atoms with Gasteiger partial charge in [0, 0.05) is 0 Å². The van der Waals surface area contributed by atoms with E-state index in [0.717, 1.165) is 5.69 Å². The lowest BCUT2D eigenvalue weighted by Gasteiger charge is -2.22. The molecule has 4 heteroatoms. The average Bonchev–Trinajstić information content (AvgIpc) is 2.86. The smallest absolute Gasteiger partial charge is 0.147 e. The van der Waals surface area contributed by atoms with Gasteiger partial charge in [0.1, 0.15) is 11.5 Å². The second kappa shape index (κ2) is 5.74. The number of para-hydroxylation sites is 1. The highest BCUT2D eigenvalue weighted by molar-refractivity contribution is 5.80. The van der Waals surface area contributed by atoms with Gasteiger partial charge in [0.05, 0.1) is 18.1 Å². The van der Waals surface area contributed by atoms with E-state index in [-0.39, 0.29) is 5.41 Å². The Morgan fingerprint density at radius 2 is 1.80 bits per heavy atom. The summed E-state index contributed by atoms with van der Waals surface area (Å²) < 4.78 is 5.34. The topological polar surface area (TPSA) is 61.4 Å². The van der Waals surface area contributed by atoms with Crippen LogP contribution in [-0.4, -0.2) is 12.4 Å². The van der Waals surface area contributed by atoms with Crippen molar-refractivity contribution in [3.05, 3.63) is 53.5 Å². The molecule has 0 aliphatic heterocycles. The first-order chi connectivity index (χ1) is 9.50. The minimum atomic E-state index is 0.0527. The van der Waals surface area contributed by atoms with Gasteiger partial charge >= 0.3 is 0 Å². The molecule has 1 aromatic heterocycles. The zero-order valence-corrected chi connectivity index (χ0v) is 12.0. The summed E-state index contributed by atoms with van der Waals surface area (Å²) in [5.74, 6) is 1.13. The van der Waals surface area contributed by atoms with Crippen LogP contribution in [0.25, 0.3) is 0 Å². The zero-order chi connectivity index (χ0) is 14.6. The summed E-state index contributed by atoms with van der Waals surface area (Å²) >= 11 is 0. The Hall–Kier alpha value is -2.36. The molecule has 0 aliphatic carbocycles. The molecule has 0 unspecified atom stereocenters. The second-order valence-electron chi connectivity index (χ2n) is 5.55. The Bertz CT molecular complexity index is 621. The SMILES string of the molecule is CC(C)(C)c1ccccc1N/N=C/c1ccc(C=N)o1. The molecule has 20 heavy (non-hydrogen) atoms. The van der Waals surface area contributed by atoms with Crippen LogP contribution in [0.4, 0.5) is 5.69 Å². The van der Waals surface area contributed by atoms with E-state index < -0.39 is 0 Å². The van der Waals surface area contributed by atoms with Crippen molar-refractivity contribution in [1.29, 1.82) is 5.41 Å². The van der Waals surface area contributed by atoms with E-state index in [2.05, 4.69) is 37.4 Å². The highest BCUT2D eigenvalue weighted by atomic mass is 16.3. The van der Waals surface area contributed by atoms with E-state index in [4.69, 9.17) is 9.83 Å². The van der Waals surface area contributed by atoms with Crippen molar-refractivity contribution in [3.63, 3.8) is 0 Å². The summed E-state index contributed by atoms with van der Waals surface area (Å²) in [6.07, 6.45) is 2.77. The number of hydrogen-bond acceptors (Lipinski definition) is 4. The summed E-state index contributed by atoms with van der Waals surface area (Å²) in [5.41, 5.74) is 5.29. The van der Waals surface area contributed by atoms with Crippen LogP contribution in [0, 0.1) is 5.41 Å². The molecule has 0 spiro atoms. The zero-order valence-electron chi connectivity index (χ0n) is 12.0. The maximum Gasteiger partial charge on any atom is 0.147 e. The van der Waals surface area contributed by atoms with Gasteiger partial charge in [-0.25, -0.2) is 0 Å². The Morgan fingerprint density at radius 3 is 2.45 bits per heavy atom. The van der Waals surface area contributed by atoms with Crippen LogP contribution in [0.1, 0.15) is 37.9 Å². The first-order valence-electron chi connectivity index (χ1n) is 6.49. The quantitative estimate of drug-likeness (QED) is 0.650. The van der Waals surface area contributed by atoms with Crippen molar-refractivity contribution >= 4 is 18.1 Å². The number of hydrazone groups is 1. The van der Waals surface area contributed by atoms with Crippen LogP contribution in [0.2, 0.25) is 0 Å². The first kappa shape index (κ1) is 14.1. The summed E-state index contributed by atoms with van der Waals surface area (Å²) in [7, 11) is 0. The first-order valence-corrected chi connectivity index (χ1v) is 6.49. The molecular formula is C16H19N3O. The van der Waals surface area contributed by atoms with E-state index in [1.807, 2.05) is 18.2 Å². The average molecular weight is 269 g/mol. The maximum atomic E-state index is 7.09. The monoisotopic (exact) mass is 269 g/mol. The number of nitrogens with one attached hydrogen (secondary N) is 2. The van der Waals surface area contributed by atoms with Crippen LogP contribution in [0.3, 0.4) is 0 Å². The molecule has 1 aromatic carbocycles. The highest BCUT2D eigenvalue weighted by Crippen LogP contribution is 2.29. The molecule has 2 N–H and O–H groups in total. The van der Waals surface area contributed by atoms with Crippen molar-refractivity contribution < 1.29 is 4.42 Å². The fourth-order valence-corrected chi connectivity index (χ4v) is 1.92. The summed E-state index contributed by atoms with van der Waals surface area (Å²) in [6, 6.07) is 11.6. The normalized spacial score (nSPS) is 11.8. The van der Waals surface area contributed by atoms with Gasteiger partial charge in [-0.3, -0.25) is 5.43 Å². The summed E-state index contributed by atoms with van der Waals surface area (Å²) in [6.45, 7) is 6.50. The standard InChI is InChI=1S/C16H19N3O/c1-16(2,3)14-6-4-5-7-15(14)19-18-11-13-9-8-12(10-17)20-13/h4-11,17,19H,1-3H3/b17-10?,18-11+. The number of anilines is 1. The Labute approximate surface area is 119 Å². The van der Waals surface area contributed by atoms with Gasteiger partial charge in [0.25, 0.3) is 0 Å². The van der Waals surface area contributed by atoms with Gasteiger partial charge in [-0.1, -0.05) is 39.0 Å². The van der Waals surface area contributed by atoms with Gasteiger partial charge in [-0.05, 0) is 29.2 Å². The fourth-order valence-electron chi connectivity index (χ4n) is 1.92. The number of benzene rings is 1. The van der Waals surface area contributed by atoms with Crippen molar-refractivity contribution in [2.24, 2.45) is 5.10 Å². The predicted molar refractivity (Wildman–Crippen MR) is 83.0 cm³/mol. The third kappa shape index (κ3) is 3.35. The number of rotatable bonds is 4. The molecule has 0 saturated carbocycles. The molecule has 0 atom stereocenters. The second-order valence-corrected chi connectivity index (χ2v) is 5.55. The van der Waals surface area contributed by atoms with Crippen LogP contribution >= 0.6 is 0 Å². The van der Waals surface area contributed by atoms with Gasteiger partial charge in [0.15, 0.2) is 0 Å². The molecule has 4 nitrogen and oxygen atoms in total. The molecule has 0 radical (unpaired) electrons. The predicted octanol–water partition coefficient (Wildman–Crippen LogP) is 4.02. The van der Waals surface area contributed by atoms with Crippen molar-refractivity contribution in [2.45, 2.75) is 26.2 Å². The molecule has 2 rings (SSSR count). The maximum absolute atomic E-state index is 7.09. The number of furan rings is 1. The fraction of sp³-hybridized carbons (Fsp3) is 0.250. The van der Waals surface area contributed by atoms with Crippen molar-refractivity contribution in [3.8, 4) is 0 Å². The lowest BCUT2D eigenvalue weighted by Crippen LogP contribution is -2.13. The minimum Gasteiger partial charge on any atom is -0.454 e. The molecule has 0 fully saturated rings. The molecule has 0 bridgehead atoms. The molecular weight excluding hydrogens is 250 g/mol. The van der Waals surface area contributed by atoms with E-state index >= 15 is 0 Å². The van der Waals surface area contributed by atoms with Crippen LogP contribution in [0.5, 0.6) is 0 Å². The third-order valence-electron chi connectivity index (χ3n) is 2.90. The third-order valence-corrected chi connectivity index (χ3v) is 2.90. The van der Waals surface area contributed by atoms with Gasteiger partial charge in [0.2, 0.25) is 0 Å². The Morgan fingerprint density at radius 1 is 1.10 bits per heavy atom. The van der Waals surface area contributed by atoms with Crippen LogP contribution < -0.4 is 5.43 Å². The van der Waals surface area contributed by atoms with E-state index in [1.165, 1.54) is 11.8 Å². The van der Waals surface area contributed by atoms with E-state index in [0.29, 0.717) is 11.5 Å². The largest absolute Gasteiger partial charge is 0.454 e. The van der Waals surface area contributed by atoms with Crippen LogP contribution in [-0.2, 0) is 5.41 Å². The van der Waals surface area contributed by atoms with Gasteiger partial charge in [-0.2, -0.15) is 5.10 Å². The van der Waals surface area contributed by atoms with Crippen molar-refractivity contribution in [1.82, 2.24) is 0 Å². The molecule has 104 valence electrons. The highest BCUT2D eigenvalue weighted by Gasteiger charge is 2.16. The number of hydrogen-bond donors (Lipinski definition) is 2. The molecule has 1 heterocycles. The van der Waals surface area contributed by atoms with Crippen LogP contribution in [0.15, 0.2) is 45.9 Å². The Balaban J connectivity index is 2.13. The molecule has 2 aromatic rings. The molecule has 0 saturated heterocycles. The lowest BCUT2D eigenvalue weighted by molar-refractivity contribution is 0.553. The Kier molecular flexibility index (Phi) is 4.03. The van der Waals surface area contributed by atoms with Gasteiger partial charge in [-0.15, -0.1) is 0 Å². The molecule has 0 amide bonds. The summed E-state index contributed by atoms with van der Waals surface area (Å²) in [5, 5.41) is 11.3. The van der Waals surface area contributed by atoms with Gasteiger partial charge < -0.3 is 9.83 Å². The van der Waals surface area contributed by atoms with E-state index in [9.17, 15) is 0 Å².